The fourth-order valence-corrected chi connectivity index (χ4v) is 2.97. The molecular formula is C16H26N2O. The second kappa shape index (κ2) is 6.92. The van der Waals surface area contributed by atoms with Crippen molar-refractivity contribution in [1.29, 1.82) is 0 Å². The number of hydrogen-bond donors (Lipinski definition) is 2. The van der Waals surface area contributed by atoms with Gasteiger partial charge in [-0.1, -0.05) is 38.5 Å². The molecule has 106 valence electrons. The third-order valence-corrected chi connectivity index (χ3v) is 4.05. The molecule has 1 aliphatic rings. The van der Waals surface area contributed by atoms with E-state index in [1.807, 2.05) is 6.07 Å². The summed E-state index contributed by atoms with van der Waals surface area (Å²) in [6, 6.07) is 6.56. The van der Waals surface area contributed by atoms with E-state index in [0.717, 1.165) is 56.6 Å². The lowest BCUT2D eigenvalue weighted by Gasteiger charge is -2.35. The standard InChI is InChI=1S/C16H26N2O/c1-3-6-15(18-11-9-17-10-12-18)14-8-5-7-13(4-2)16(14)19/h5,7-8,15,17,19H,3-4,6,9-12H2,1-2H3/t15-/m0/s1. The Morgan fingerprint density at radius 2 is 2.00 bits per heavy atom. The quantitative estimate of drug-likeness (QED) is 0.856. The molecular weight excluding hydrogens is 236 g/mol. The van der Waals surface area contributed by atoms with Crippen molar-refractivity contribution in [2.75, 3.05) is 26.2 Å². The van der Waals surface area contributed by atoms with Gasteiger partial charge in [0, 0.05) is 37.8 Å². The maximum atomic E-state index is 10.5. The summed E-state index contributed by atoms with van der Waals surface area (Å²) < 4.78 is 0. The lowest BCUT2D eigenvalue weighted by atomic mass is 9.96. The summed E-state index contributed by atoms with van der Waals surface area (Å²) >= 11 is 0. The van der Waals surface area contributed by atoms with Crippen LogP contribution < -0.4 is 5.32 Å². The topological polar surface area (TPSA) is 35.5 Å². The number of phenols is 1. The van der Waals surface area contributed by atoms with Crippen LogP contribution in [0.15, 0.2) is 18.2 Å². The summed E-state index contributed by atoms with van der Waals surface area (Å²) in [6.45, 7) is 8.55. The van der Waals surface area contributed by atoms with E-state index in [2.05, 4.69) is 36.2 Å². The molecule has 2 rings (SSSR count). The maximum absolute atomic E-state index is 10.5. The number of nitrogens with one attached hydrogen (secondary N) is 1. The van der Waals surface area contributed by atoms with Gasteiger partial charge < -0.3 is 10.4 Å². The highest BCUT2D eigenvalue weighted by atomic mass is 16.3. The van der Waals surface area contributed by atoms with Crippen molar-refractivity contribution in [3.63, 3.8) is 0 Å². The number of para-hydroxylation sites is 1. The molecule has 1 heterocycles. The summed E-state index contributed by atoms with van der Waals surface area (Å²) in [5, 5.41) is 13.9. The highest BCUT2D eigenvalue weighted by Crippen LogP contribution is 2.34. The molecule has 0 radical (unpaired) electrons. The third kappa shape index (κ3) is 3.28. The lowest BCUT2D eigenvalue weighted by Crippen LogP contribution is -2.45. The van der Waals surface area contributed by atoms with Crippen LogP contribution in [0.25, 0.3) is 0 Å². The van der Waals surface area contributed by atoms with Crippen LogP contribution >= 0.6 is 0 Å². The summed E-state index contributed by atoms with van der Waals surface area (Å²) in [5.74, 6) is 0.516. The van der Waals surface area contributed by atoms with Crippen LogP contribution in [-0.2, 0) is 6.42 Å². The first kappa shape index (κ1) is 14.4. The Kier molecular flexibility index (Phi) is 5.23. The molecule has 0 amide bonds. The maximum Gasteiger partial charge on any atom is 0.123 e. The molecule has 19 heavy (non-hydrogen) atoms. The van der Waals surface area contributed by atoms with Crippen LogP contribution in [0.3, 0.4) is 0 Å². The van der Waals surface area contributed by atoms with Gasteiger partial charge in [-0.05, 0) is 18.4 Å². The number of piperazine rings is 1. The average Bonchev–Trinajstić information content (AvgIpc) is 2.46. The smallest absolute Gasteiger partial charge is 0.123 e. The highest BCUT2D eigenvalue weighted by Gasteiger charge is 2.24. The van der Waals surface area contributed by atoms with Crippen LogP contribution in [0.1, 0.15) is 43.9 Å². The molecule has 0 spiro atoms. The van der Waals surface area contributed by atoms with Crippen molar-refractivity contribution in [1.82, 2.24) is 10.2 Å². The van der Waals surface area contributed by atoms with E-state index in [1.165, 1.54) is 0 Å². The van der Waals surface area contributed by atoms with E-state index in [0.29, 0.717) is 11.8 Å². The zero-order valence-corrected chi connectivity index (χ0v) is 12.2. The Hall–Kier alpha value is -1.06. The molecule has 0 saturated carbocycles. The molecule has 3 heteroatoms. The minimum atomic E-state index is 0.360. The Bertz CT molecular complexity index is 400. The zero-order chi connectivity index (χ0) is 13.7. The van der Waals surface area contributed by atoms with E-state index in [9.17, 15) is 5.11 Å². The highest BCUT2D eigenvalue weighted by molar-refractivity contribution is 5.42. The SMILES string of the molecule is CCC[C@@H](c1cccc(CC)c1O)N1CCNCC1. The number of aromatic hydroxyl groups is 1. The predicted molar refractivity (Wildman–Crippen MR) is 79.6 cm³/mol. The first-order valence-electron chi connectivity index (χ1n) is 7.53. The summed E-state index contributed by atoms with van der Waals surface area (Å²) in [6.07, 6.45) is 3.14. The van der Waals surface area contributed by atoms with Crippen molar-refractivity contribution >= 4 is 0 Å². The first-order chi connectivity index (χ1) is 9.27. The molecule has 1 saturated heterocycles. The van der Waals surface area contributed by atoms with Crippen molar-refractivity contribution in [2.24, 2.45) is 0 Å². The number of rotatable bonds is 5. The van der Waals surface area contributed by atoms with Gasteiger partial charge in [0.05, 0.1) is 0 Å². The molecule has 0 bridgehead atoms. The van der Waals surface area contributed by atoms with Gasteiger partial charge in [-0.25, -0.2) is 0 Å². The predicted octanol–water partition coefficient (Wildman–Crippen LogP) is 2.70. The molecule has 1 aliphatic heterocycles. The normalized spacial score (nSPS) is 18.4. The van der Waals surface area contributed by atoms with Gasteiger partial charge in [-0.2, -0.15) is 0 Å². The molecule has 0 unspecified atom stereocenters. The minimum absolute atomic E-state index is 0.360. The molecule has 3 nitrogen and oxygen atoms in total. The Balaban J connectivity index is 2.27. The summed E-state index contributed by atoms with van der Waals surface area (Å²) in [4.78, 5) is 2.51. The first-order valence-corrected chi connectivity index (χ1v) is 7.53. The molecule has 1 fully saturated rings. The van der Waals surface area contributed by atoms with E-state index in [4.69, 9.17) is 0 Å². The van der Waals surface area contributed by atoms with Crippen molar-refractivity contribution < 1.29 is 5.11 Å². The largest absolute Gasteiger partial charge is 0.507 e. The molecule has 1 aromatic rings. The number of hydrogen-bond acceptors (Lipinski definition) is 3. The van der Waals surface area contributed by atoms with Crippen molar-refractivity contribution in [2.45, 2.75) is 39.2 Å². The zero-order valence-electron chi connectivity index (χ0n) is 12.2. The van der Waals surface area contributed by atoms with Gasteiger partial charge in [0.15, 0.2) is 0 Å². The average molecular weight is 262 g/mol. The van der Waals surface area contributed by atoms with Crippen molar-refractivity contribution in [3.05, 3.63) is 29.3 Å². The van der Waals surface area contributed by atoms with Gasteiger partial charge in [0.1, 0.15) is 5.75 Å². The number of benzene rings is 1. The number of phenolic OH excluding ortho intramolecular Hbond substituents is 1. The molecule has 1 aromatic carbocycles. The molecule has 2 N–H and O–H groups in total. The summed E-state index contributed by atoms with van der Waals surface area (Å²) in [7, 11) is 0. The van der Waals surface area contributed by atoms with Crippen LogP contribution in [0.5, 0.6) is 5.75 Å². The van der Waals surface area contributed by atoms with Crippen LogP contribution in [0.4, 0.5) is 0 Å². The van der Waals surface area contributed by atoms with Gasteiger partial charge in [0.25, 0.3) is 0 Å². The molecule has 1 atom stereocenters. The van der Waals surface area contributed by atoms with Gasteiger partial charge in [-0.3, -0.25) is 4.90 Å². The number of aryl methyl sites for hydroxylation is 1. The monoisotopic (exact) mass is 262 g/mol. The van der Waals surface area contributed by atoms with Gasteiger partial charge in [0.2, 0.25) is 0 Å². The molecule has 0 aliphatic carbocycles. The Morgan fingerprint density at radius 1 is 1.26 bits per heavy atom. The fraction of sp³-hybridized carbons (Fsp3) is 0.625. The second-order valence-electron chi connectivity index (χ2n) is 5.30. The lowest BCUT2D eigenvalue weighted by molar-refractivity contribution is 0.162. The van der Waals surface area contributed by atoms with E-state index < -0.39 is 0 Å². The third-order valence-electron chi connectivity index (χ3n) is 4.05. The number of nitrogens with zero attached hydrogens (tertiary/aromatic N) is 1. The van der Waals surface area contributed by atoms with Crippen LogP contribution in [-0.4, -0.2) is 36.2 Å². The Labute approximate surface area is 116 Å². The Morgan fingerprint density at radius 3 is 2.63 bits per heavy atom. The van der Waals surface area contributed by atoms with E-state index in [-0.39, 0.29) is 0 Å². The van der Waals surface area contributed by atoms with Gasteiger partial charge >= 0.3 is 0 Å². The van der Waals surface area contributed by atoms with Gasteiger partial charge in [-0.15, -0.1) is 0 Å². The summed E-state index contributed by atoms with van der Waals surface area (Å²) in [5.41, 5.74) is 2.18. The van der Waals surface area contributed by atoms with Crippen LogP contribution in [0, 0.1) is 0 Å². The van der Waals surface area contributed by atoms with Crippen LogP contribution in [0.2, 0.25) is 0 Å². The second-order valence-corrected chi connectivity index (χ2v) is 5.30. The van der Waals surface area contributed by atoms with E-state index in [1.54, 1.807) is 0 Å². The molecule has 0 aromatic heterocycles. The fourth-order valence-electron chi connectivity index (χ4n) is 2.97. The minimum Gasteiger partial charge on any atom is -0.507 e. The van der Waals surface area contributed by atoms with Crippen molar-refractivity contribution in [3.8, 4) is 5.75 Å². The van der Waals surface area contributed by atoms with E-state index >= 15 is 0 Å².